The molecule has 1 fully saturated rings. The highest BCUT2D eigenvalue weighted by atomic mass is 16.5. The Hall–Kier alpha value is -0.830. The number of rotatable bonds is 3. The van der Waals surface area contributed by atoms with E-state index in [0.29, 0.717) is 6.61 Å². The van der Waals surface area contributed by atoms with Crippen LogP contribution >= 0.6 is 0 Å². The van der Waals surface area contributed by atoms with Crippen LogP contribution in [-0.2, 0) is 14.3 Å². The summed E-state index contributed by atoms with van der Waals surface area (Å²) in [6.45, 7) is 3.02. The van der Waals surface area contributed by atoms with E-state index >= 15 is 0 Å². The molecule has 0 saturated carbocycles. The zero-order chi connectivity index (χ0) is 9.52. The van der Waals surface area contributed by atoms with Crippen LogP contribution in [0.5, 0.6) is 0 Å². The third kappa shape index (κ3) is 4.08. The van der Waals surface area contributed by atoms with E-state index in [9.17, 15) is 4.79 Å². The molecule has 0 aromatic heterocycles. The van der Waals surface area contributed by atoms with Crippen LogP contribution in [0.4, 0.5) is 0 Å². The molecular formula is C10H16O3. The maximum atomic E-state index is 10.9. The molecule has 0 radical (unpaired) electrons. The minimum Gasteiger partial charge on any atom is -0.463 e. The Morgan fingerprint density at radius 1 is 1.62 bits per heavy atom. The lowest BCUT2D eigenvalue weighted by Gasteiger charge is -2.18. The van der Waals surface area contributed by atoms with Gasteiger partial charge in [-0.05, 0) is 32.3 Å². The van der Waals surface area contributed by atoms with Crippen LogP contribution in [0, 0.1) is 0 Å². The third-order valence-electron chi connectivity index (χ3n) is 1.95. The molecule has 1 aliphatic heterocycles. The molecule has 0 aliphatic carbocycles. The Morgan fingerprint density at radius 3 is 3.08 bits per heavy atom. The first-order valence-electron chi connectivity index (χ1n) is 4.79. The summed E-state index contributed by atoms with van der Waals surface area (Å²) in [5.74, 6) is -0.281. The maximum absolute atomic E-state index is 10.9. The number of esters is 1. The lowest BCUT2D eigenvalue weighted by Crippen LogP contribution is -2.16. The van der Waals surface area contributed by atoms with Gasteiger partial charge >= 0.3 is 5.97 Å². The van der Waals surface area contributed by atoms with Crippen LogP contribution in [0.1, 0.15) is 26.2 Å². The van der Waals surface area contributed by atoms with Crippen LogP contribution < -0.4 is 0 Å². The molecule has 1 atom stereocenters. The van der Waals surface area contributed by atoms with Gasteiger partial charge in [-0.1, -0.05) is 0 Å². The summed E-state index contributed by atoms with van der Waals surface area (Å²) in [5.41, 5.74) is 0. The molecule has 0 bridgehead atoms. The number of carbonyl (C=O) groups excluding carboxylic acids is 1. The molecule has 13 heavy (non-hydrogen) atoms. The van der Waals surface area contributed by atoms with Crippen LogP contribution in [0.15, 0.2) is 12.2 Å². The van der Waals surface area contributed by atoms with Crippen molar-refractivity contribution in [2.24, 2.45) is 0 Å². The molecule has 1 heterocycles. The molecule has 3 heteroatoms. The molecule has 0 aromatic carbocycles. The minimum absolute atomic E-state index is 0.109. The summed E-state index contributed by atoms with van der Waals surface area (Å²) < 4.78 is 10.2. The van der Waals surface area contributed by atoms with E-state index < -0.39 is 0 Å². The second kappa shape index (κ2) is 5.75. The Labute approximate surface area is 78.7 Å². The average Bonchev–Trinajstić information content (AvgIpc) is 2.17. The molecule has 0 N–H and O–H groups in total. The van der Waals surface area contributed by atoms with Gasteiger partial charge in [0.25, 0.3) is 0 Å². The number of carbonyl (C=O) groups is 1. The lowest BCUT2D eigenvalue weighted by molar-refractivity contribution is -0.137. The van der Waals surface area contributed by atoms with Crippen LogP contribution in [0.25, 0.3) is 0 Å². The summed E-state index contributed by atoms with van der Waals surface area (Å²) in [7, 11) is 0. The third-order valence-corrected chi connectivity index (χ3v) is 1.95. The fourth-order valence-corrected chi connectivity index (χ4v) is 1.29. The quantitative estimate of drug-likeness (QED) is 0.494. The average molecular weight is 184 g/mol. The van der Waals surface area contributed by atoms with Crippen LogP contribution in [0.2, 0.25) is 0 Å². The Kier molecular flexibility index (Phi) is 4.54. The number of hydrogen-bond donors (Lipinski definition) is 0. The van der Waals surface area contributed by atoms with Gasteiger partial charge in [0.15, 0.2) is 0 Å². The fourth-order valence-electron chi connectivity index (χ4n) is 1.29. The van der Waals surface area contributed by atoms with E-state index in [1.807, 2.05) is 0 Å². The molecule has 0 amide bonds. The molecule has 0 aromatic rings. The van der Waals surface area contributed by atoms with Gasteiger partial charge in [0, 0.05) is 12.7 Å². The zero-order valence-corrected chi connectivity index (χ0v) is 7.99. The van der Waals surface area contributed by atoms with Crippen molar-refractivity contribution in [3.8, 4) is 0 Å². The van der Waals surface area contributed by atoms with Crippen LogP contribution in [0.3, 0.4) is 0 Å². The smallest absolute Gasteiger partial charge is 0.330 e. The predicted molar refractivity (Wildman–Crippen MR) is 49.4 cm³/mol. The first-order valence-corrected chi connectivity index (χ1v) is 4.79. The van der Waals surface area contributed by atoms with Crippen molar-refractivity contribution >= 4 is 5.97 Å². The Balaban J connectivity index is 2.24. The van der Waals surface area contributed by atoms with Gasteiger partial charge in [-0.25, -0.2) is 4.79 Å². The number of hydrogen-bond acceptors (Lipinski definition) is 3. The summed E-state index contributed by atoms with van der Waals surface area (Å²) >= 11 is 0. The van der Waals surface area contributed by atoms with Gasteiger partial charge in [0.05, 0.1) is 12.7 Å². The van der Waals surface area contributed by atoms with E-state index in [-0.39, 0.29) is 12.1 Å². The molecule has 0 spiro atoms. The minimum atomic E-state index is -0.281. The van der Waals surface area contributed by atoms with Gasteiger partial charge in [-0.2, -0.15) is 0 Å². The molecule has 74 valence electrons. The van der Waals surface area contributed by atoms with E-state index in [4.69, 9.17) is 9.47 Å². The van der Waals surface area contributed by atoms with Crippen molar-refractivity contribution in [1.82, 2.24) is 0 Å². The zero-order valence-electron chi connectivity index (χ0n) is 7.99. The highest BCUT2D eigenvalue weighted by Crippen LogP contribution is 2.13. The molecule has 1 saturated heterocycles. The largest absolute Gasteiger partial charge is 0.463 e. The predicted octanol–water partition coefficient (Wildman–Crippen LogP) is 1.67. The van der Waals surface area contributed by atoms with Crippen molar-refractivity contribution < 1.29 is 14.3 Å². The van der Waals surface area contributed by atoms with E-state index in [1.54, 1.807) is 13.0 Å². The molecule has 0 unspecified atom stereocenters. The van der Waals surface area contributed by atoms with Crippen LogP contribution in [-0.4, -0.2) is 25.3 Å². The second-order valence-electron chi connectivity index (χ2n) is 3.02. The van der Waals surface area contributed by atoms with Gasteiger partial charge in [-0.15, -0.1) is 0 Å². The summed E-state index contributed by atoms with van der Waals surface area (Å²) in [5, 5.41) is 0. The van der Waals surface area contributed by atoms with E-state index in [1.165, 1.54) is 12.5 Å². The van der Waals surface area contributed by atoms with Crippen molar-refractivity contribution in [2.45, 2.75) is 32.3 Å². The first kappa shape index (κ1) is 10.3. The van der Waals surface area contributed by atoms with Crippen molar-refractivity contribution in [3.05, 3.63) is 12.2 Å². The van der Waals surface area contributed by atoms with Crippen molar-refractivity contribution in [2.75, 3.05) is 13.2 Å². The molecule has 1 aliphatic rings. The van der Waals surface area contributed by atoms with E-state index in [0.717, 1.165) is 19.4 Å². The SMILES string of the molecule is CCOC(=O)/C=C/[C@H]1CCCCO1. The molecule has 1 rings (SSSR count). The highest BCUT2D eigenvalue weighted by molar-refractivity contribution is 5.81. The lowest BCUT2D eigenvalue weighted by atomic mass is 10.1. The Morgan fingerprint density at radius 2 is 2.46 bits per heavy atom. The molecule has 3 nitrogen and oxygen atoms in total. The van der Waals surface area contributed by atoms with Gasteiger partial charge in [0.2, 0.25) is 0 Å². The standard InChI is InChI=1S/C10H16O3/c1-2-12-10(11)7-6-9-5-3-4-8-13-9/h6-7,9H,2-5,8H2,1H3/b7-6+/t9-/m1/s1. The highest BCUT2D eigenvalue weighted by Gasteiger charge is 2.10. The normalized spacial score (nSPS) is 23.3. The van der Waals surface area contributed by atoms with Gasteiger partial charge in [0.1, 0.15) is 0 Å². The second-order valence-corrected chi connectivity index (χ2v) is 3.02. The van der Waals surface area contributed by atoms with E-state index in [2.05, 4.69) is 0 Å². The summed E-state index contributed by atoms with van der Waals surface area (Å²) in [4.78, 5) is 10.9. The van der Waals surface area contributed by atoms with Gasteiger partial charge in [-0.3, -0.25) is 0 Å². The summed E-state index contributed by atoms with van der Waals surface area (Å²) in [6.07, 6.45) is 6.67. The topological polar surface area (TPSA) is 35.5 Å². The fraction of sp³-hybridized carbons (Fsp3) is 0.700. The Bertz CT molecular complexity index is 181. The maximum Gasteiger partial charge on any atom is 0.330 e. The van der Waals surface area contributed by atoms with Crippen molar-refractivity contribution in [1.29, 1.82) is 0 Å². The first-order chi connectivity index (χ1) is 6.33. The van der Waals surface area contributed by atoms with Crippen molar-refractivity contribution in [3.63, 3.8) is 0 Å². The summed E-state index contributed by atoms with van der Waals surface area (Å²) in [6, 6.07) is 0. The molecular weight excluding hydrogens is 168 g/mol. The monoisotopic (exact) mass is 184 g/mol. The van der Waals surface area contributed by atoms with Gasteiger partial charge < -0.3 is 9.47 Å². The number of ether oxygens (including phenoxy) is 2.